The minimum atomic E-state index is -0.602. The summed E-state index contributed by atoms with van der Waals surface area (Å²) in [5.74, 6) is -0.438. The number of hydrogen-bond donors (Lipinski definition) is 1. The molecule has 0 fully saturated rings. The Bertz CT molecular complexity index is 1150. The van der Waals surface area contributed by atoms with E-state index in [1.165, 1.54) is 0 Å². The number of aliphatic imine (C=N–C) groups is 1. The molecule has 3 aromatic carbocycles. The molecule has 162 valence electrons. The van der Waals surface area contributed by atoms with Gasteiger partial charge in [-0.3, -0.25) is 9.79 Å². The van der Waals surface area contributed by atoms with Crippen LogP contribution >= 0.6 is 0 Å². The molecule has 3 aromatic rings. The summed E-state index contributed by atoms with van der Waals surface area (Å²) in [6.07, 6.45) is 0. The first-order valence-electron chi connectivity index (χ1n) is 10.6. The van der Waals surface area contributed by atoms with Gasteiger partial charge >= 0.3 is 5.97 Å². The van der Waals surface area contributed by atoms with Gasteiger partial charge in [-0.2, -0.15) is 0 Å². The highest BCUT2D eigenvalue weighted by molar-refractivity contribution is 6.24. The Labute approximate surface area is 186 Å². The van der Waals surface area contributed by atoms with Crippen molar-refractivity contribution in [3.8, 4) is 5.75 Å². The zero-order valence-electron chi connectivity index (χ0n) is 18.0. The number of carbonyl (C=O) groups is 2. The van der Waals surface area contributed by atoms with Crippen molar-refractivity contribution in [2.24, 2.45) is 4.99 Å². The van der Waals surface area contributed by atoms with Crippen LogP contribution in [0.4, 0.5) is 11.4 Å². The van der Waals surface area contributed by atoms with E-state index < -0.39 is 11.9 Å². The molecule has 6 heteroatoms. The number of nitrogens with one attached hydrogen (secondary N) is 1. The van der Waals surface area contributed by atoms with Crippen LogP contribution in [0.3, 0.4) is 0 Å². The highest BCUT2D eigenvalue weighted by Gasteiger charge is 2.36. The molecular weight excluding hydrogens is 404 g/mol. The number of anilines is 1. The molecule has 0 saturated carbocycles. The molecule has 0 saturated heterocycles. The van der Waals surface area contributed by atoms with Crippen LogP contribution in [0, 0.1) is 0 Å². The highest BCUT2D eigenvalue weighted by atomic mass is 16.5. The van der Waals surface area contributed by atoms with Gasteiger partial charge < -0.3 is 14.8 Å². The molecule has 1 aliphatic heterocycles. The van der Waals surface area contributed by atoms with Crippen molar-refractivity contribution >= 4 is 29.0 Å². The number of carbonyl (C=O) groups excluding carboxylic acids is 2. The Kier molecular flexibility index (Phi) is 6.31. The van der Waals surface area contributed by atoms with E-state index in [4.69, 9.17) is 14.5 Å². The molecule has 1 N–H and O–H groups in total. The van der Waals surface area contributed by atoms with Crippen molar-refractivity contribution in [1.29, 1.82) is 0 Å². The van der Waals surface area contributed by atoms with Crippen LogP contribution < -0.4 is 10.1 Å². The Morgan fingerprint density at radius 2 is 1.69 bits per heavy atom. The molecule has 1 amide bonds. The van der Waals surface area contributed by atoms with Gasteiger partial charge in [0.1, 0.15) is 11.7 Å². The fourth-order valence-corrected chi connectivity index (χ4v) is 3.70. The lowest BCUT2D eigenvalue weighted by atomic mass is 9.90. The van der Waals surface area contributed by atoms with Crippen LogP contribution in [0.25, 0.3) is 0 Å². The summed E-state index contributed by atoms with van der Waals surface area (Å²) < 4.78 is 10.6. The summed E-state index contributed by atoms with van der Waals surface area (Å²) in [5, 5.41) is 2.90. The monoisotopic (exact) mass is 428 g/mol. The Morgan fingerprint density at radius 3 is 2.38 bits per heavy atom. The van der Waals surface area contributed by atoms with Crippen LogP contribution in [0.15, 0.2) is 77.8 Å². The lowest BCUT2D eigenvalue weighted by molar-refractivity contribution is -0.115. The Hall–Kier alpha value is -3.93. The van der Waals surface area contributed by atoms with E-state index in [0.29, 0.717) is 23.6 Å². The first-order chi connectivity index (χ1) is 15.6. The van der Waals surface area contributed by atoms with Crippen molar-refractivity contribution in [1.82, 2.24) is 0 Å². The van der Waals surface area contributed by atoms with Crippen molar-refractivity contribution in [2.45, 2.75) is 19.8 Å². The minimum Gasteiger partial charge on any atom is -0.494 e. The normalized spacial score (nSPS) is 15.1. The van der Waals surface area contributed by atoms with E-state index in [2.05, 4.69) is 5.32 Å². The second-order valence-electron chi connectivity index (χ2n) is 7.23. The standard InChI is InChI=1S/C26H24N2O4/c1-3-31-20-13-11-19(12-14-20)27-24(17-8-6-5-7-9-17)23-21-15-10-18(26(30)32-4-2)16-22(21)28-25(23)29/h5-16,23H,3-4H2,1-2H3,(H,28,29). The first-order valence-corrected chi connectivity index (χ1v) is 10.6. The minimum absolute atomic E-state index is 0.186. The van der Waals surface area contributed by atoms with Gasteiger partial charge in [0.2, 0.25) is 5.91 Å². The molecule has 0 spiro atoms. The van der Waals surface area contributed by atoms with Gasteiger partial charge in [-0.15, -0.1) is 0 Å². The number of amides is 1. The van der Waals surface area contributed by atoms with E-state index in [-0.39, 0.29) is 12.5 Å². The summed E-state index contributed by atoms with van der Waals surface area (Å²) in [7, 11) is 0. The molecular formula is C26H24N2O4. The van der Waals surface area contributed by atoms with Crippen molar-refractivity contribution in [3.05, 3.63) is 89.5 Å². The molecule has 4 rings (SSSR count). The molecule has 1 unspecified atom stereocenters. The van der Waals surface area contributed by atoms with E-state index in [1.807, 2.05) is 61.5 Å². The van der Waals surface area contributed by atoms with Crippen LogP contribution in [0.1, 0.15) is 41.3 Å². The van der Waals surface area contributed by atoms with E-state index in [0.717, 1.165) is 22.6 Å². The number of rotatable bonds is 7. The molecule has 0 radical (unpaired) electrons. The van der Waals surface area contributed by atoms with Gasteiger partial charge in [-0.1, -0.05) is 36.4 Å². The lowest BCUT2D eigenvalue weighted by Crippen LogP contribution is -2.21. The molecule has 32 heavy (non-hydrogen) atoms. The van der Waals surface area contributed by atoms with Gasteiger partial charge in [0, 0.05) is 5.69 Å². The van der Waals surface area contributed by atoms with Crippen molar-refractivity contribution < 1.29 is 19.1 Å². The third-order valence-corrected chi connectivity index (χ3v) is 5.14. The summed E-state index contributed by atoms with van der Waals surface area (Å²) >= 11 is 0. The van der Waals surface area contributed by atoms with E-state index in [9.17, 15) is 9.59 Å². The van der Waals surface area contributed by atoms with E-state index in [1.54, 1.807) is 25.1 Å². The predicted octanol–water partition coefficient (Wildman–Crippen LogP) is 5.12. The maximum Gasteiger partial charge on any atom is 0.338 e. The van der Waals surface area contributed by atoms with Crippen molar-refractivity contribution in [3.63, 3.8) is 0 Å². The Morgan fingerprint density at radius 1 is 0.938 bits per heavy atom. The van der Waals surface area contributed by atoms with Gasteiger partial charge in [0.05, 0.1) is 30.2 Å². The SMILES string of the molecule is CCOC(=O)c1ccc2c(c1)NC(=O)C2C(=Nc1ccc(OCC)cc1)c1ccccc1. The molecule has 1 heterocycles. The van der Waals surface area contributed by atoms with Crippen LogP contribution in [-0.4, -0.2) is 30.8 Å². The molecule has 6 nitrogen and oxygen atoms in total. The lowest BCUT2D eigenvalue weighted by Gasteiger charge is -2.14. The number of hydrogen-bond acceptors (Lipinski definition) is 5. The molecule has 1 atom stereocenters. The maximum absolute atomic E-state index is 13.1. The third kappa shape index (κ3) is 4.39. The number of nitrogens with zero attached hydrogens (tertiary/aromatic N) is 1. The van der Waals surface area contributed by atoms with Crippen LogP contribution in [-0.2, 0) is 9.53 Å². The quantitative estimate of drug-likeness (QED) is 0.419. The van der Waals surface area contributed by atoms with Gasteiger partial charge in [0.25, 0.3) is 0 Å². The summed E-state index contributed by atoms with van der Waals surface area (Å²) in [6, 6.07) is 22.2. The largest absolute Gasteiger partial charge is 0.494 e. The van der Waals surface area contributed by atoms with Gasteiger partial charge in [-0.25, -0.2) is 4.79 Å². The van der Waals surface area contributed by atoms with E-state index >= 15 is 0 Å². The summed E-state index contributed by atoms with van der Waals surface area (Å²) in [5.41, 5.74) is 3.98. The smallest absolute Gasteiger partial charge is 0.338 e. The number of esters is 1. The molecule has 0 bridgehead atoms. The average Bonchev–Trinajstić information content (AvgIpc) is 3.14. The fourth-order valence-electron chi connectivity index (χ4n) is 3.70. The topological polar surface area (TPSA) is 77.0 Å². The number of fused-ring (bicyclic) bond motifs is 1. The molecule has 0 aliphatic carbocycles. The molecule has 0 aromatic heterocycles. The summed E-state index contributed by atoms with van der Waals surface area (Å²) in [6.45, 7) is 4.57. The number of benzene rings is 3. The zero-order valence-corrected chi connectivity index (χ0v) is 18.0. The maximum atomic E-state index is 13.1. The number of ether oxygens (including phenoxy) is 2. The average molecular weight is 428 g/mol. The molecule has 1 aliphatic rings. The second-order valence-corrected chi connectivity index (χ2v) is 7.23. The van der Waals surface area contributed by atoms with Gasteiger partial charge in [-0.05, 0) is 61.4 Å². The zero-order chi connectivity index (χ0) is 22.5. The second kappa shape index (κ2) is 9.47. The fraction of sp³-hybridized carbons (Fsp3) is 0.192. The Balaban J connectivity index is 1.76. The third-order valence-electron chi connectivity index (χ3n) is 5.14. The predicted molar refractivity (Wildman–Crippen MR) is 124 cm³/mol. The summed E-state index contributed by atoms with van der Waals surface area (Å²) in [4.78, 5) is 30.0. The van der Waals surface area contributed by atoms with Crippen molar-refractivity contribution in [2.75, 3.05) is 18.5 Å². The first kappa shape index (κ1) is 21.3. The highest BCUT2D eigenvalue weighted by Crippen LogP contribution is 2.37. The van der Waals surface area contributed by atoms with Gasteiger partial charge in [0.15, 0.2) is 0 Å². The van der Waals surface area contributed by atoms with Crippen LogP contribution in [0.5, 0.6) is 5.75 Å². The van der Waals surface area contributed by atoms with Crippen LogP contribution in [0.2, 0.25) is 0 Å².